The zero-order valence-corrected chi connectivity index (χ0v) is 9.86. The summed E-state index contributed by atoms with van der Waals surface area (Å²) in [5, 5.41) is 6.41. The summed E-state index contributed by atoms with van der Waals surface area (Å²) in [5.74, 6) is 0.372. The lowest BCUT2D eigenvalue weighted by molar-refractivity contribution is 0.0949. The Labute approximate surface area is 99.6 Å². The van der Waals surface area contributed by atoms with E-state index in [2.05, 4.69) is 10.5 Å². The van der Waals surface area contributed by atoms with Crippen LogP contribution in [-0.4, -0.2) is 11.1 Å². The summed E-state index contributed by atoms with van der Waals surface area (Å²) in [6, 6.07) is 8.02. The highest BCUT2D eigenvalue weighted by atomic mass is 16.5. The molecule has 2 aromatic rings. The Balaban J connectivity index is 1.99. The summed E-state index contributed by atoms with van der Waals surface area (Å²) in [5.41, 5.74) is 2.74. The van der Waals surface area contributed by atoms with E-state index in [1.807, 2.05) is 31.2 Å². The highest BCUT2D eigenvalue weighted by molar-refractivity contribution is 5.94. The standard InChI is InChI=1S/C13H14N2O2/c1-9-4-3-5-11(6-9)7-14-13(16)12-8-15-17-10(12)2/h3-6,8H,7H2,1-2H3,(H,14,16). The number of carbonyl (C=O) groups is 1. The first-order chi connectivity index (χ1) is 8.16. The molecule has 1 aromatic heterocycles. The lowest BCUT2D eigenvalue weighted by Gasteiger charge is -2.04. The minimum atomic E-state index is -0.162. The smallest absolute Gasteiger partial charge is 0.256 e. The zero-order chi connectivity index (χ0) is 12.3. The monoisotopic (exact) mass is 230 g/mol. The molecule has 0 radical (unpaired) electrons. The molecule has 0 bridgehead atoms. The fraction of sp³-hybridized carbons (Fsp3) is 0.231. The first-order valence-electron chi connectivity index (χ1n) is 5.42. The summed E-state index contributed by atoms with van der Waals surface area (Å²) in [7, 11) is 0. The largest absolute Gasteiger partial charge is 0.361 e. The van der Waals surface area contributed by atoms with Gasteiger partial charge in [-0.05, 0) is 19.4 Å². The van der Waals surface area contributed by atoms with Crippen molar-refractivity contribution in [1.29, 1.82) is 0 Å². The highest BCUT2D eigenvalue weighted by Gasteiger charge is 2.11. The summed E-state index contributed by atoms with van der Waals surface area (Å²) in [4.78, 5) is 11.8. The molecule has 88 valence electrons. The average Bonchev–Trinajstić information content (AvgIpc) is 2.72. The van der Waals surface area contributed by atoms with E-state index in [1.54, 1.807) is 6.92 Å². The van der Waals surface area contributed by atoms with Crippen molar-refractivity contribution in [2.45, 2.75) is 20.4 Å². The van der Waals surface area contributed by atoms with E-state index in [4.69, 9.17) is 4.52 Å². The second kappa shape index (κ2) is 4.82. The van der Waals surface area contributed by atoms with E-state index in [0.29, 0.717) is 17.9 Å². The molecule has 0 aliphatic carbocycles. The predicted molar refractivity (Wildman–Crippen MR) is 63.6 cm³/mol. The zero-order valence-electron chi connectivity index (χ0n) is 9.86. The fourth-order valence-corrected chi connectivity index (χ4v) is 1.62. The van der Waals surface area contributed by atoms with Crippen LogP contribution >= 0.6 is 0 Å². The van der Waals surface area contributed by atoms with Gasteiger partial charge in [0.25, 0.3) is 5.91 Å². The van der Waals surface area contributed by atoms with Crippen LogP contribution in [0.25, 0.3) is 0 Å². The van der Waals surface area contributed by atoms with Gasteiger partial charge in [0.15, 0.2) is 0 Å². The van der Waals surface area contributed by atoms with Crippen molar-refractivity contribution in [2.24, 2.45) is 0 Å². The third kappa shape index (κ3) is 2.72. The molecular weight excluding hydrogens is 216 g/mol. The number of benzene rings is 1. The molecule has 0 atom stereocenters. The lowest BCUT2D eigenvalue weighted by Crippen LogP contribution is -2.22. The van der Waals surface area contributed by atoms with Crippen molar-refractivity contribution in [3.63, 3.8) is 0 Å². The third-order valence-electron chi connectivity index (χ3n) is 2.53. The number of aromatic nitrogens is 1. The molecule has 0 unspecified atom stereocenters. The number of rotatable bonds is 3. The number of nitrogens with zero attached hydrogens (tertiary/aromatic N) is 1. The SMILES string of the molecule is Cc1cccc(CNC(=O)c2cnoc2C)c1. The number of hydrogen-bond acceptors (Lipinski definition) is 3. The van der Waals surface area contributed by atoms with E-state index >= 15 is 0 Å². The van der Waals surface area contributed by atoms with Gasteiger partial charge in [0.05, 0.1) is 6.20 Å². The molecule has 1 N–H and O–H groups in total. The van der Waals surface area contributed by atoms with Crippen LogP contribution in [0.3, 0.4) is 0 Å². The van der Waals surface area contributed by atoms with Gasteiger partial charge in [-0.3, -0.25) is 4.79 Å². The average molecular weight is 230 g/mol. The van der Waals surface area contributed by atoms with Gasteiger partial charge < -0.3 is 9.84 Å². The van der Waals surface area contributed by atoms with Crippen molar-refractivity contribution in [1.82, 2.24) is 10.5 Å². The summed E-state index contributed by atoms with van der Waals surface area (Å²) < 4.78 is 4.85. The maximum Gasteiger partial charge on any atom is 0.256 e. The highest BCUT2D eigenvalue weighted by Crippen LogP contribution is 2.07. The number of carbonyl (C=O) groups excluding carboxylic acids is 1. The van der Waals surface area contributed by atoms with Gasteiger partial charge in [0, 0.05) is 6.54 Å². The van der Waals surface area contributed by atoms with Crippen LogP contribution in [-0.2, 0) is 6.54 Å². The van der Waals surface area contributed by atoms with Crippen LogP contribution in [0.5, 0.6) is 0 Å². The van der Waals surface area contributed by atoms with Crippen LogP contribution in [0.1, 0.15) is 27.2 Å². The van der Waals surface area contributed by atoms with Crippen molar-refractivity contribution in [3.05, 3.63) is 52.9 Å². The van der Waals surface area contributed by atoms with Gasteiger partial charge in [-0.1, -0.05) is 35.0 Å². The van der Waals surface area contributed by atoms with E-state index < -0.39 is 0 Å². The van der Waals surface area contributed by atoms with E-state index in [-0.39, 0.29) is 5.91 Å². The molecule has 1 heterocycles. The van der Waals surface area contributed by atoms with Crippen LogP contribution < -0.4 is 5.32 Å². The molecule has 0 spiro atoms. The van der Waals surface area contributed by atoms with E-state index in [0.717, 1.165) is 5.56 Å². The Hall–Kier alpha value is -2.10. The molecule has 0 saturated carbocycles. The number of nitrogens with one attached hydrogen (secondary N) is 1. The fourth-order valence-electron chi connectivity index (χ4n) is 1.62. The molecule has 0 aliphatic heterocycles. The number of amides is 1. The molecule has 2 rings (SSSR count). The summed E-state index contributed by atoms with van der Waals surface area (Å²) in [6.07, 6.45) is 1.43. The molecular formula is C13H14N2O2. The molecule has 0 saturated heterocycles. The maximum atomic E-state index is 11.8. The predicted octanol–water partition coefficient (Wildman–Crippen LogP) is 2.22. The van der Waals surface area contributed by atoms with Crippen molar-refractivity contribution < 1.29 is 9.32 Å². The van der Waals surface area contributed by atoms with Gasteiger partial charge in [-0.15, -0.1) is 0 Å². The lowest BCUT2D eigenvalue weighted by atomic mass is 10.1. The van der Waals surface area contributed by atoms with E-state index in [9.17, 15) is 4.79 Å². The van der Waals surface area contributed by atoms with Crippen LogP contribution in [0.2, 0.25) is 0 Å². The van der Waals surface area contributed by atoms with Gasteiger partial charge in [0.1, 0.15) is 11.3 Å². The Morgan fingerprint density at radius 1 is 1.41 bits per heavy atom. The Morgan fingerprint density at radius 3 is 2.88 bits per heavy atom. The topological polar surface area (TPSA) is 55.1 Å². The van der Waals surface area contributed by atoms with Crippen molar-refractivity contribution >= 4 is 5.91 Å². The van der Waals surface area contributed by atoms with Crippen molar-refractivity contribution in [2.75, 3.05) is 0 Å². The minimum Gasteiger partial charge on any atom is -0.361 e. The second-order valence-electron chi connectivity index (χ2n) is 3.97. The molecule has 0 aliphatic rings. The Morgan fingerprint density at radius 2 is 2.24 bits per heavy atom. The number of aryl methyl sites for hydroxylation is 2. The second-order valence-corrected chi connectivity index (χ2v) is 3.97. The molecule has 0 fully saturated rings. The van der Waals surface area contributed by atoms with Gasteiger partial charge >= 0.3 is 0 Å². The normalized spacial score (nSPS) is 10.2. The number of hydrogen-bond donors (Lipinski definition) is 1. The van der Waals surface area contributed by atoms with E-state index in [1.165, 1.54) is 11.8 Å². The minimum absolute atomic E-state index is 0.162. The molecule has 1 aromatic carbocycles. The van der Waals surface area contributed by atoms with Gasteiger partial charge in [-0.25, -0.2) is 0 Å². The van der Waals surface area contributed by atoms with Gasteiger partial charge in [0.2, 0.25) is 0 Å². The van der Waals surface area contributed by atoms with Crippen LogP contribution in [0.15, 0.2) is 35.0 Å². The van der Waals surface area contributed by atoms with Crippen molar-refractivity contribution in [3.8, 4) is 0 Å². The van der Waals surface area contributed by atoms with Gasteiger partial charge in [-0.2, -0.15) is 0 Å². The van der Waals surface area contributed by atoms with Crippen LogP contribution in [0.4, 0.5) is 0 Å². The first-order valence-corrected chi connectivity index (χ1v) is 5.42. The molecule has 4 nitrogen and oxygen atoms in total. The Bertz CT molecular complexity index is 532. The molecule has 4 heteroatoms. The molecule has 17 heavy (non-hydrogen) atoms. The third-order valence-corrected chi connectivity index (χ3v) is 2.53. The molecule has 1 amide bonds. The Kier molecular flexibility index (Phi) is 3.23. The van der Waals surface area contributed by atoms with Crippen LogP contribution in [0, 0.1) is 13.8 Å². The maximum absolute atomic E-state index is 11.8. The first kappa shape index (κ1) is 11.4. The summed E-state index contributed by atoms with van der Waals surface area (Å²) >= 11 is 0. The quantitative estimate of drug-likeness (QED) is 0.879. The summed E-state index contributed by atoms with van der Waals surface area (Å²) in [6.45, 7) is 4.25.